The number of ether oxygens (including phenoxy) is 3. The number of hydrogen-bond acceptors (Lipinski definition) is 3. The van der Waals surface area contributed by atoms with Gasteiger partial charge in [-0.3, -0.25) is 0 Å². The molecular weight excluding hydrogens is 132 g/mol. The van der Waals surface area contributed by atoms with E-state index in [0.717, 1.165) is 12.8 Å². The van der Waals surface area contributed by atoms with Crippen molar-refractivity contribution in [1.82, 2.24) is 0 Å². The Kier molecular flexibility index (Phi) is 3.12. The van der Waals surface area contributed by atoms with Gasteiger partial charge in [0.1, 0.15) is 0 Å². The minimum Gasteiger partial charge on any atom is -0.379 e. The molecule has 0 aromatic heterocycles. The lowest BCUT2D eigenvalue weighted by molar-refractivity contribution is -0.177. The summed E-state index contributed by atoms with van der Waals surface area (Å²) < 4.78 is 15.4. The molecule has 3 heteroatoms. The fourth-order valence-corrected chi connectivity index (χ4v) is 1.08. The third-order valence-electron chi connectivity index (χ3n) is 1.79. The van der Waals surface area contributed by atoms with E-state index in [2.05, 4.69) is 0 Å². The van der Waals surface area contributed by atoms with Crippen LogP contribution in [0, 0.1) is 0 Å². The van der Waals surface area contributed by atoms with Gasteiger partial charge in [-0.1, -0.05) is 0 Å². The van der Waals surface area contributed by atoms with Crippen LogP contribution in [0.25, 0.3) is 0 Å². The van der Waals surface area contributed by atoms with Gasteiger partial charge in [0.2, 0.25) is 0 Å². The molecule has 2 unspecified atom stereocenters. The smallest absolute Gasteiger partial charge is 0.157 e. The summed E-state index contributed by atoms with van der Waals surface area (Å²) in [5.74, 6) is 0. The summed E-state index contributed by atoms with van der Waals surface area (Å²) in [7, 11) is 3.37. The highest BCUT2D eigenvalue weighted by atomic mass is 16.7. The molecule has 0 bridgehead atoms. The third kappa shape index (κ3) is 1.94. The third-order valence-corrected chi connectivity index (χ3v) is 1.79. The lowest BCUT2D eigenvalue weighted by Gasteiger charge is -2.26. The lowest BCUT2D eigenvalue weighted by Crippen LogP contribution is -2.31. The predicted octanol–water partition coefficient (Wildman–Crippen LogP) is 0.784. The van der Waals surface area contributed by atoms with E-state index in [-0.39, 0.29) is 12.4 Å². The van der Waals surface area contributed by atoms with Crippen molar-refractivity contribution in [1.29, 1.82) is 0 Å². The highest BCUT2D eigenvalue weighted by Gasteiger charge is 2.20. The minimum atomic E-state index is -0.00796. The molecule has 0 amide bonds. The quantitative estimate of drug-likeness (QED) is 0.576. The van der Waals surface area contributed by atoms with Crippen LogP contribution in [0.3, 0.4) is 0 Å². The molecule has 1 fully saturated rings. The Morgan fingerprint density at radius 2 is 2.00 bits per heavy atom. The molecule has 60 valence electrons. The molecule has 0 aromatic carbocycles. The van der Waals surface area contributed by atoms with Crippen LogP contribution in [0.2, 0.25) is 0 Å². The second kappa shape index (κ2) is 3.91. The molecule has 1 aliphatic rings. The van der Waals surface area contributed by atoms with Crippen LogP contribution in [0.15, 0.2) is 0 Å². The average molecular weight is 146 g/mol. The zero-order chi connectivity index (χ0) is 7.40. The maximum absolute atomic E-state index is 5.28. The zero-order valence-electron chi connectivity index (χ0n) is 6.50. The molecule has 3 nitrogen and oxygen atoms in total. The van der Waals surface area contributed by atoms with E-state index in [1.807, 2.05) is 0 Å². The molecule has 0 spiro atoms. The Bertz CT molecular complexity index is 74.9. The predicted molar refractivity (Wildman–Crippen MR) is 36.8 cm³/mol. The van der Waals surface area contributed by atoms with Crippen molar-refractivity contribution in [2.75, 3.05) is 20.8 Å². The van der Waals surface area contributed by atoms with Crippen molar-refractivity contribution in [3.05, 3.63) is 0 Å². The monoisotopic (exact) mass is 146 g/mol. The van der Waals surface area contributed by atoms with Gasteiger partial charge in [0.25, 0.3) is 0 Å². The first-order valence-corrected chi connectivity index (χ1v) is 3.54. The molecule has 1 heterocycles. The summed E-state index contributed by atoms with van der Waals surface area (Å²) in [6, 6.07) is 0. The van der Waals surface area contributed by atoms with Crippen LogP contribution < -0.4 is 0 Å². The summed E-state index contributed by atoms with van der Waals surface area (Å²) >= 11 is 0. The molecule has 0 saturated carbocycles. The average Bonchev–Trinajstić information content (AvgIpc) is 2.05. The molecule has 1 aliphatic heterocycles. The summed E-state index contributed by atoms with van der Waals surface area (Å²) in [6.45, 7) is 0.662. The first-order valence-electron chi connectivity index (χ1n) is 3.54. The number of methoxy groups -OCH3 is 2. The van der Waals surface area contributed by atoms with Crippen LogP contribution in [-0.4, -0.2) is 33.2 Å². The van der Waals surface area contributed by atoms with Crippen LogP contribution in [0.1, 0.15) is 12.8 Å². The van der Waals surface area contributed by atoms with Crippen molar-refractivity contribution in [2.24, 2.45) is 0 Å². The molecule has 2 atom stereocenters. The van der Waals surface area contributed by atoms with Crippen molar-refractivity contribution in [2.45, 2.75) is 25.2 Å². The van der Waals surface area contributed by atoms with Gasteiger partial charge in [0, 0.05) is 20.6 Å². The Balaban J connectivity index is 2.17. The van der Waals surface area contributed by atoms with Crippen LogP contribution >= 0.6 is 0 Å². The van der Waals surface area contributed by atoms with E-state index < -0.39 is 0 Å². The highest BCUT2D eigenvalue weighted by molar-refractivity contribution is 4.63. The van der Waals surface area contributed by atoms with E-state index in [9.17, 15) is 0 Å². The molecule has 0 radical (unpaired) electrons. The van der Waals surface area contributed by atoms with E-state index in [1.54, 1.807) is 14.2 Å². The van der Waals surface area contributed by atoms with E-state index in [4.69, 9.17) is 14.2 Å². The summed E-state index contributed by atoms with van der Waals surface area (Å²) in [5.41, 5.74) is 0. The first kappa shape index (κ1) is 7.98. The lowest BCUT2D eigenvalue weighted by atomic mass is 10.1. The second-order valence-corrected chi connectivity index (χ2v) is 2.43. The largest absolute Gasteiger partial charge is 0.379 e. The van der Waals surface area contributed by atoms with Crippen LogP contribution in [0.4, 0.5) is 0 Å². The van der Waals surface area contributed by atoms with Gasteiger partial charge in [-0.25, -0.2) is 0 Å². The van der Waals surface area contributed by atoms with Crippen LogP contribution in [0.5, 0.6) is 0 Å². The molecule has 1 rings (SSSR count). The van der Waals surface area contributed by atoms with Crippen LogP contribution in [-0.2, 0) is 14.2 Å². The van der Waals surface area contributed by atoms with Gasteiger partial charge in [-0.05, 0) is 6.42 Å². The Morgan fingerprint density at radius 3 is 2.40 bits per heavy atom. The molecule has 0 aliphatic carbocycles. The highest BCUT2D eigenvalue weighted by Crippen LogP contribution is 2.15. The zero-order valence-corrected chi connectivity index (χ0v) is 6.50. The Hall–Kier alpha value is -0.120. The summed E-state index contributed by atoms with van der Waals surface area (Å²) in [6.07, 6.45) is 2.24. The van der Waals surface area contributed by atoms with Gasteiger partial charge >= 0.3 is 0 Å². The molecule has 0 aromatic rings. The minimum absolute atomic E-state index is 0.00796. The standard InChI is InChI=1S/C7H14O3/c1-8-6-3-4-7(9-2)10-5-6/h6-7H,3-5H2,1-2H3. The molecule has 0 N–H and O–H groups in total. The van der Waals surface area contributed by atoms with Gasteiger partial charge in [-0.2, -0.15) is 0 Å². The molecular formula is C7H14O3. The second-order valence-electron chi connectivity index (χ2n) is 2.43. The van der Waals surface area contributed by atoms with E-state index in [1.165, 1.54) is 0 Å². The van der Waals surface area contributed by atoms with Crippen molar-refractivity contribution >= 4 is 0 Å². The van der Waals surface area contributed by atoms with Gasteiger partial charge in [0.15, 0.2) is 6.29 Å². The maximum atomic E-state index is 5.28. The van der Waals surface area contributed by atoms with Crippen molar-refractivity contribution in [3.8, 4) is 0 Å². The fourth-order valence-electron chi connectivity index (χ4n) is 1.08. The number of rotatable bonds is 2. The maximum Gasteiger partial charge on any atom is 0.157 e. The van der Waals surface area contributed by atoms with E-state index in [0.29, 0.717) is 6.61 Å². The van der Waals surface area contributed by atoms with Gasteiger partial charge in [0.05, 0.1) is 12.7 Å². The molecule has 10 heavy (non-hydrogen) atoms. The van der Waals surface area contributed by atoms with Crippen molar-refractivity contribution < 1.29 is 14.2 Å². The normalized spacial score (nSPS) is 34.2. The fraction of sp³-hybridized carbons (Fsp3) is 1.00. The Labute approximate surface area is 61.3 Å². The SMILES string of the molecule is COC1CCC(OC)OC1. The summed E-state index contributed by atoms with van der Waals surface area (Å²) in [5, 5.41) is 0. The van der Waals surface area contributed by atoms with E-state index >= 15 is 0 Å². The van der Waals surface area contributed by atoms with Gasteiger partial charge < -0.3 is 14.2 Å². The molecule has 1 saturated heterocycles. The van der Waals surface area contributed by atoms with Crippen molar-refractivity contribution in [3.63, 3.8) is 0 Å². The summed E-state index contributed by atoms with van der Waals surface area (Å²) in [4.78, 5) is 0. The number of hydrogen-bond donors (Lipinski definition) is 0. The topological polar surface area (TPSA) is 27.7 Å². The van der Waals surface area contributed by atoms with Gasteiger partial charge in [-0.15, -0.1) is 0 Å². The first-order chi connectivity index (χ1) is 4.86. The Morgan fingerprint density at radius 1 is 1.20 bits per heavy atom.